The van der Waals surface area contributed by atoms with E-state index >= 15 is 0 Å². The van der Waals surface area contributed by atoms with E-state index in [4.69, 9.17) is 0 Å². The number of nitrogens with one attached hydrogen (secondary N) is 1. The molecule has 0 aliphatic carbocycles. The molecule has 0 amide bonds. The zero-order valence-corrected chi connectivity index (χ0v) is 12.0. The molecule has 2 aromatic rings. The minimum absolute atomic E-state index is 0.0719. The van der Waals surface area contributed by atoms with E-state index in [2.05, 4.69) is 15.0 Å². The standard InChI is InChI=1S/C16H18F2N2O/c1-11(20-12(2)15-5-3-4-10-19-15)13-6-8-14(9-7-13)21-16(17)18/h3-12,16,20H,1-2H3/t11?,12-/m0/s1. The van der Waals surface area contributed by atoms with Crippen molar-refractivity contribution in [1.29, 1.82) is 0 Å². The van der Waals surface area contributed by atoms with Gasteiger partial charge in [-0.25, -0.2) is 0 Å². The van der Waals surface area contributed by atoms with Gasteiger partial charge < -0.3 is 10.1 Å². The molecular formula is C16H18F2N2O. The van der Waals surface area contributed by atoms with Crippen molar-refractivity contribution < 1.29 is 13.5 Å². The van der Waals surface area contributed by atoms with E-state index < -0.39 is 6.61 Å². The summed E-state index contributed by atoms with van der Waals surface area (Å²) in [5.41, 5.74) is 1.96. The topological polar surface area (TPSA) is 34.2 Å². The van der Waals surface area contributed by atoms with E-state index in [9.17, 15) is 8.78 Å². The molecule has 1 unspecified atom stereocenters. The Hall–Kier alpha value is -2.01. The van der Waals surface area contributed by atoms with E-state index in [1.807, 2.05) is 32.0 Å². The van der Waals surface area contributed by atoms with Gasteiger partial charge in [0.1, 0.15) is 5.75 Å². The molecule has 1 aromatic heterocycles. The lowest BCUT2D eigenvalue weighted by molar-refractivity contribution is -0.0498. The smallest absolute Gasteiger partial charge is 0.387 e. The number of pyridine rings is 1. The van der Waals surface area contributed by atoms with Crippen LogP contribution in [-0.2, 0) is 0 Å². The van der Waals surface area contributed by atoms with Crippen LogP contribution in [0.4, 0.5) is 8.78 Å². The molecule has 0 radical (unpaired) electrons. The molecule has 0 spiro atoms. The molecule has 2 rings (SSSR count). The number of rotatable bonds is 6. The fraction of sp³-hybridized carbons (Fsp3) is 0.312. The lowest BCUT2D eigenvalue weighted by Gasteiger charge is -2.20. The first-order valence-electron chi connectivity index (χ1n) is 6.78. The van der Waals surface area contributed by atoms with E-state index in [0.29, 0.717) is 0 Å². The SMILES string of the molecule is CC(N[C@@H](C)c1ccccn1)c1ccc(OC(F)F)cc1. The Balaban J connectivity index is 1.98. The number of ether oxygens (including phenoxy) is 1. The van der Waals surface area contributed by atoms with Crippen molar-refractivity contribution in [2.24, 2.45) is 0 Å². The van der Waals surface area contributed by atoms with Gasteiger partial charge in [-0.1, -0.05) is 18.2 Å². The third-order valence-corrected chi connectivity index (χ3v) is 3.24. The molecule has 0 saturated heterocycles. The second-order valence-corrected chi connectivity index (χ2v) is 4.81. The Bertz CT molecular complexity index is 546. The molecule has 0 bridgehead atoms. The van der Waals surface area contributed by atoms with Crippen LogP contribution < -0.4 is 10.1 Å². The van der Waals surface area contributed by atoms with Gasteiger partial charge in [0.2, 0.25) is 0 Å². The van der Waals surface area contributed by atoms with E-state index in [1.54, 1.807) is 30.5 Å². The number of nitrogens with zero attached hydrogens (tertiary/aromatic N) is 1. The number of hydrogen-bond donors (Lipinski definition) is 1. The molecule has 1 aromatic carbocycles. The van der Waals surface area contributed by atoms with Crippen LogP contribution in [0.5, 0.6) is 5.75 Å². The zero-order valence-electron chi connectivity index (χ0n) is 12.0. The van der Waals surface area contributed by atoms with Gasteiger partial charge in [-0.2, -0.15) is 8.78 Å². The van der Waals surface area contributed by atoms with Crippen molar-refractivity contribution >= 4 is 0 Å². The Kier molecular flexibility index (Phi) is 5.22. The maximum atomic E-state index is 12.1. The molecule has 21 heavy (non-hydrogen) atoms. The molecule has 0 aliphatic heterocycles. The molecular weight excluding hydrogens is 274 g/mol. The normalized spacial score (nSPS) is 14.0. The van der Waals surface area contributed by atoms with Crippen LogP contribution in [-0.4, -0.2) is 11.6 Å². The van der Waals surface area contributed by atoms with Gasteiger partial charge in [-0.15, -0.1) is 0 Å². The number of halogens is 2. The molecule has 0 fully saturated rings. The predicted octanol–water partition coefficient (Wildman–Crippen LogP) is 4.09. The summed E-state index contributed by atoms with van der Waals surface area (Å²) >= 11 is 0. The van der Waals surface area contributed by atoms with Crippen molar-refractivity contribution in [1.82, 2.24) is 10.3 Å². The maximum Gasteiger partial charge on any atom is 0.387 e. The predicted molar refractivity (Wildman–Crippen MR) is 77.3 cm³/mol. The molecule has 1 N–H and O–H groups in total. The first-order chi connectivity index (χ1) is 10.1. The van der Waals surface area contributed by atoms with Crippen LogP contribution in [0, 0.1) is 0 Å². The van der Waals surface area contributed by atoms with Gasteiger partial charge in [-0.3, -0.25) is 4.98 Å². The van der Waals surface area contributed by atoms with Gasteiger partial charge in [-0.05, 0) is 43.7 Å². The Morgan fingerprint density at radius 2 is 1.71 bits per heavy atom. The minimum atomic E-state index is -2.80. The summed E-state index contributed by atoms with van der Waals surface area (Å²) in [6.07, 6.45) is 1.76. The Labute approximate surface area is 123 Å². The van der Waals surface area contributed by atoms with Crippen LogP contribution >= 0.6 is 0 Å². The van der Waals surface area contributed by atoms with Gasteiger partial charge in [0.15, 0.2) is 0 Å². The molecule has 3 nitrogen and oxygen atoms in total. The average molecular weight is 292 g/mol. The van der Waals surface area contributed by atoms with Crippen molar-refractivity contribution in [3.63, 3.8) is 0 Å². The summed E-state index contributed by atoms with van der Waals surface area (Å²) in [5, 5.41) is 3.42. The van der Waals surface area contributed by atoms with Crippen molar-refractivity contribution in [2.75, 3.05) is 0 Å². The monoisotopic (exact) mass is 292 g/mol. The molecule has 112 valence electrons. The van der Waals surface area contributed by atoms with Crippen LogP contribution in [0.2, 0.25) is 0 Å². The molecule has 0 aliphatic rings. The van der Waals surface area contributed by atoms with E-state index in [1.165, 1.54) is 0 Å². The quantitative estimate of drug-likeness (QED) is 0.870. The summed E-state index contributed by atoms with van der Waals surface area (Å²) in [6.45, 7) is 1.26. The summed E-state index contributed by atoms with van der Waals surface area (Å²) in [4.78, 5) is 4.31. The van der Waals surface area contributed by atoms with E-state index in [-0.39, 0.29) is 17.8 Å². The lowest BCUT2D eigenvalue weighted by Crippen LogP contribution is -2.23. The third kappa shape index (κ3) is 4.49. The lowest BCUT2D eigenvalue weighted by atomic mass is 10.1. The Morgan fingerprint density at radius 1 is 1.00 bits per heavy atom. The summed E-state index contributed by atoms with van der Waals surface area (Å²) in [7, 11) is 0. The second-order valence-electron chi connectivity index (χ2n) is 4.81. The van der Waals surface area contributed by atoms with Crippen LogP contribution in [0.1, 0.15) is 37.2 Å². The highest BCUT2D eigenvalue weighted by Gasteiger charge is 2.12. The number of hydrogen-bond acceptors (Lipinski definition) is 3. The molecule has 2 atom stereocenters. The van der Waals surface area contributed by atoms with Crippen molar-refractivity contribution in [3.05, 3.63) is 59.9 Å². The summed E-state index contributed by atoms with van der Waals surface area (Å²) in [5.74, 6) is 0.165. The third-order valence-electron chi connectivity index (χ3n) is 3.24. The molecule has 1 heterocycles. The van der Waals surface area contributed by atoms with Crippen LogP contribution in [0.15, 0.2) is 48.7 Å². The highest BCUT2D eigenvalue weighted by Crippen LogP contribution is 2.21. The van der Waals surface area contributed by atoms with Crippen LogP contribution in [0.3, 0.4) is 0 Å². The fourth-order valence-electron chi connectivity index (χ4n) is 2.13. The van der Waals surface area contributed by atoms with Gasteiger partial charge >= 0.3 is 6.61 Å². The summed E-state index contributed by atoms with van der Waals surface area (Å²) in [6, 6.07) is 12.6. The zero-order chi connectivity index (χ0) is 15.2. The van der Waals surface area contributed by atoms with Gasteiger partial charge in [0, 0.05) is 18.3 Å². The fourth-order valence-corrected chi connectivity index (χ4v) is 2.13. The first kappa shape index (κ1) is 15.4. The maximum absolute atomic E-state index is 12.1. The highest BCUT2D eigenvalue weighted by molar-refractivity contribution is 5.29. The summed E-state index contributed by atoms with van der Waals surface area (Å²) < 4.78 is 28.5. The molecule has 0 saturated carbocycles. The Morgan fingerprint density at radius 3 is 2.29 bits per heavy atom. The van der Waals surface area contributed by atoms with Crippen molar-refractivity contribution in [2.45, 2.75) is 32.5 Å². The number of alkyl halides is 2. The average Bonchev–Trinajstić information content (AvgIpc) is 2.48. The van der Waals surface area contributed by atoms with Gasteiger partial charge in [0.25, 0.3) is 0 Å². The number of aromatic nitrogens is 1. The highest BCUT2D eigenvalue weighted by atomic mass is 19.3. The van der Waals surface area contributed by atoms with Gasteiger partial charge in [0.05, 0.1) is 5.69 Å². The van der Waals surface area contributed by atoms with Crippen LogP contribution in [0.25, 0.3) is 0 Å². The van der Waals surface area contributed by atoms with E-state index in [0.717, 1.165) is 11.3 Å². The second kappa shape index (κ2) is 7.13. The first-order valence-corrected chi connectivity index (χ1v) is 6.78. The number of benzene rings is 1. The largest absolute Gasteiger partial charge is 0.435 e. The molecule has 5 heteroatoms. The minimum Gasteiger partial charge on any atom is -0.435 e. The van der Waals surface area contributed by atoms with Crippen molar-refractivity contribution in [3.8, 4) is 5.75 Å².